The van der Waals surface area contributed by atoms with Crippen molar-refractivity contribution in [2.24, 2.45) is 0 Å². The van der Waals surface area contributed by atoms with Crippen molar-refractivity contribution in [3.8, 4) is 11.5 Å². The number of anilines is 1. The molecule has 0 aliphatic rings. The molecule has 0 bridgehead atoms. The van der Waals surface area contributed by atoms with Crippen LogP contribution in [0, 0.1) is 13.8 Å². The molecule has 0 saturated heterocycles. The summed E-state index contributed by atoms with van der Waals surface area (Å²) in [7, 11) is 3.04. The molecule has 3 rings (SSSR count). The van der Waals surface area contributed by atoms with Crippen LogP contribution in [0.2, 0.25) is 5.02 Å². The van der Waals surface area contributed by atoms with E-state index in [9.17, 15) is 4.79 Å². The zero-order valence-corrected chi connectivity index (χ0v) is 15.8. The number of hydrogen-bond acceptors (Lipinski definition) is 4. The molecule has 6 heteroatoms. The third kappa shape index (κ3) is 3.44. The average molecular weight is 371 g/mol. The molecule has 0 spiro atoms. The molecule has 0 radical (unpaired) electrons. The molecule has 26 heavy (non-hydrogen) atoms. The number of carbonyl (C=O) groups is 1. The third-order valence-electron chi connectivity index (χ3n) is 4.06. The minimum absolute atomic E-state index is 0.259. The number of nitrogens with one attached hydrogen (secondary N) is 1. The van der Waals surface area contributed by atoms with Gasteiger partial charge in [-0.15, -0.1) is 0 Å². The van der Waals surface area contributed by atoms with Crippen molar-refractivity contribution >= 4 is 34.1 Å². The van der Waals surface area contributed by atoms with Gasteiger partial charge in [-0.3, -0.25) is 9.78 Å². The molecule has 1 amide bonds. The van der Waals surface area contributed by atoms with Crippen LogP contribution in [0.25, 0.3) is 10.9 Å². The second-order valence-corrected chi connectivity index (χ2v) is 6.38. The quantitative estimate of drug-likeness (QED) is 0.718. The zero-order chi connectivity index (χ0) is 18.8. The SMILES string of the molecule is COc1cc(OC)c(NC(=O)c2cc(C)nc3ccc(C)cc23)cc1Cl. The van der Waals surface area contributed by atoms with Gasteiger partial charge in [0.25, 0.3) is 5.91 Å². The largest absolute Gasteiger partial charge is 0.495 e. The highest BCUT2D eigenvalue weighted by Crippen LogP contribution is 2.36. The highest BCUT2D eigenvalue weighted by Gasteiger charge is 2.16. The van der Waals surface area contributed by atoms with Crippen molar-refractivity contribution < 1.29 is 14.3 Å². The molecular formula is C20H19ClN2O3. The fourth-order valence-corrected chi connectivity index (χ4v) is 3.05. The van der Waals surface area contributed by atoms with E-state index in [0.29, 0.717) is 27.8 Å². The minimum atomic E-state index is -0.259. The van der Waals surface area contributed by atoms with Crippen molar-refractivity contribution in [1.82, 2.24) is 4.98 Å². The molecule has 0 fully saturated rings. The van der Waals surface area contributed by atoms with Gasteiger partial charge in [0.1, 0.15) is 11.5 Å². The van der Waals surface area contributed by atoms with Crippen LogP contribution < -0.4 is 14.8 Å². The van der Waals surface area contributed by atoms with Gasteiger partial charge in [0.05, 0.1) is 36.0 Å². The second kappa shape index (κ2) is 7.22. The minimum Gasteiger partial charge on any atom is -0.495 e. The second-order valence-electron chi connectivity index (χ2n) is 5.97. The molecule has 1 N–H and O–H groups in total. The Morgan fingerprint density at radius 3 is 2.46 bits per heavy atom. The molecule has 0 aliphatic heterocycles. The van der Waals surface area contributed by atoms with E-state index in [1.807, 2.05) is 32.0 Å². The van der Waals surface area contributed by atoms with E-state index in [1.165, 1.54) is 14.2 Å². The molecule has 134 valence electrons. The molecule has 1 aromatic heterocycles. The predicted octanol–water partition coefficient (Wildman–Crippen LogP) is 4.77. The lowest BCUT2D eigenvalue weighted by Gasteiger charge is -2.14. The number of carbonyl (C=O) groups excluding carboxylic acids is 1. The van der Waals surface area contributed by atoms with E-state index in [-0.39, 0.29) is 5.91 Å². The molecule has 0 saturated carbocycles. The van der Waals surface area contributed by atoms with Gasteiger partial charge in [0, 0.05) is 17.1 Å². The molecule has 5 nitrogen and oxygen atoms in total. The van der Waals surface area contributed by atoms with Crippen molar-refractivity contribution in [3.05, 3.63) is 58.2 Å². The highest BCUT2D eigenvalue weighted by molar-refractivity contribution is 6.32. The van der Waals surface area contributed by atoms with Crippen LogP contribution in [-0.4, -0.2) is 25.1 Å². The maximum Gasteiger partial charge on any atom is 0.256 e. The van der Waals surface area contributed by atoms with Gasteiger partial charge < -0.3 is 14.8 Å². The number of amides is 1. The number of halogens is 1. The Hall–Kier alpha value is -2.79. The van der Waals surface area contributed by atoms with E-state index in [2.05, 4.69) is 10.3 Å². The van der Waals surface area contributed by atoms with Gasteiger partial charge in [-0.25, -0.2) is 0 Å². The summed E-state index contributed by atoms with van der Waals surface area (Å²) in [5.41, 5.74) is 3.62. The van der Waals surface area contributed by atoms with Gasteiger partial charge in [0.2, 0.25) is 0 Å². The van der Waals surface area contributed by atoms with Gasteiger partial charge in [-0.2, -0.15) is 0 Å². The number of aromatic nitrogens is 1. The number of ether oxygens (including phenoxy) is 2. The Kier molecular flexibility index (Phi) is 5.00. The standard InChI is InChI=1S/C20H19ClN2O3/c1-11-5-6-16-13(7-11)14(8-12(2)22-16)20(24)23-17-9-15(21)18(25-3)10-19(17)26-4/h5-10H,1-4H3,(H,23,24). The molecular weight excluding hydrogens is 352 g/mol. The summed E-state index contributed by atoms with van der Waals surface area (Å²) in [5, 5.41) is 4.06. The van der Waals surface area contributed by atoms with Gasteiger partial charge in [0.15, 0.2) is 0 Å². The number of benzene rings is 2. The van der Waals surface area contributed by atoms with E-state index < -0.39 is 0 Å². The first-order chi connectivity index (χ1) is 12.4. The maximum atomic E-state index is 13.0. The molecule has 2 aromatic carbocycles. The fraction of sp³-hybridized carbons (Fsp3) is 0.200. The predicted molar refractivity (Wildman–Crippen MR) is 104 cm³/mol. The van der Waals surface area contributed by atoms with E-state index in [4.69, 9.17) is 21.1 Å². The van der Waals surface area contributed by atoms with Gasteiger partial charge in [-0.05, 0) is 38.1 Å². The van der Waals surface area contributed by atoms with Crippen LogP contribution in [-0.2, 0) is 0 Å². The lowest BCUT2D eigenvalue weighted by atomic mass is 10.0. The number of pyridine rings is 1. The van der Waals surface area contributed by atoms with Crippen molar-refractivity contribution in [2.45, 2.75) is 13.8 Å². The summed E-state index contributed by atoms with van der Waals surface area (Å²) in [4.78, 5) is 17.5. The van der Waals surface area contributed by atoms with E-state index in [1.54, 1.807) is 18.2 Å². The third-order valence-corrected chi connectivity index (χ3v) is 4.35. The summed E-state index contributed by atoms with van der Waals surface area (Å²) >= 11 is 6.19. The van der Waals surface area contributed by atoms with Crippen molar-refractivity contribution in [2.75, 3.05) is 19.5 Å². The maximum absolute atomic E-state index is 13.0. The zero-order valence-electron chi connectivity index (χ0n) is 15.0. The van der Waals surface area contributed by atoms with Crippen LogP contribution >= 0.6 is 11.6 Å². The first kappa shape index (κ1) is 18.0. The first-order valence-corrected chi connectivity index (χ1v) is 8.41. The smallest absolute Gasteiger partial charge is 0.256 e. The van der Waals surface area contributed by atoms with Gasteiger partial charge in [-0.1, -0.05) is 23.2 Å². The summed E-state index contributed by atoms with van der Waals surface area (Å²) < 4.78 is 10.5. The van der Waals surface area contributed by atoms with Crippen molar-refractivity contribution in [1.29, 1.82) is 0 Å². The molecule has 0 unspecified atom stereocenters. The normalized spacial score (nSPS) is 10.7. The summed E-state index contributed by atoms with van der Waals surface area (Å²) in [6.07, 6.45) is 0. The number of aryl methyl sites for hydroxylation is 2. The highest BCUT2D eigenvalue weighted by atomic mass is 35.5. The Labute approximate surface area is 156 Å². The number of hydrogen-bond donors (Lipinski definition) is 1. The van der Waals surface area contributed by atoms with E-state index in [0.717, 1.165) is 22.2 Å². The van der Waals surface area contributed by atoms with Crippen LogP contribution in [0.3, 0.4) is 0 Å². The topological polar surface area (TPSA) is 60.5 Å². The monoisotopic (exact) mass is 370 g/mol. The van der Waals surface area contributed by atoms with Crippen LogP contribution in [0.5, 0.6) is 11.5 Å². The first-order valence-electron chi connectivity index (χ1n) is 8.04. The fourth-order valence-electron chi connectivity index (χ4n) is 2.81. The summed E-state index contributed by atoms with van der Waals surface area (Å²) in [6, 6.07) is 10.9. The Bertz CT molecular complexity index is 1000. The Morgan fingerprint density at radius 2 is 1.77 bits per heavy atom. The Morgan fingerprint density at radius 1 is 1.04 bits per heavy atom. The van der Waals surface area contributed by atoms with Crippen LogP contribution in [0.15, 0.2) is 36.4 Å². The lowest BCUT2D eigenvalue weighted by molar-refractivity contribution is 0.102. The number of methoxy groups -OCH3 is 2. The van der Waals surface area contributed by atoms with Crippen molar-refractivity contribution in [3.63, 3.8) is 0 Å². The number of nitrogens with zero attached hydrogens (tertiary/aromatic N) is 1. The van der Waals surface area contributed by atoms with E-state index >= 15 is 0 Å². The lowest BCUT2D eigenvalue weighted by Crippen LogP contribution is -2.14. The average Bonchev–Trinajstić information content (AvgIpc) is 2.61. The van der Waals surface area contributed by atoms with Crippen LogP contribution in [0.1, 0.15) is 21.6 Å². The Balaban J connectivity index is 2.05. The molecule has 0 aliphatic carbocycles. The summed E-state index contributed by atoms with van der Waals surface area (Å²) in [6.45, 7) is 3.84. The molecule has 1 heterocycles. The number of fused-ring (bicyclic) bond motifs is 1. The molecule has 3 aromatic rings. The van der Waals surface area contributed by atoms with Crippen LogP contribution in [0.4, 0.5) is 5.69 Å². The summed E-state index contributed by atoms with van der Waals surface area (Å²) in [5.74, 6) is 0.679. The molecule has 0 atom stereocenters. The van der Waals surface area contributed by atoms with Gasteiger partial charge >= 0.3 is 0 Å². The number of rotatable bonds is 4.